The van der Waals surface area contributed by atoms with Gasteiger partial charge in [0.05, 0.1) is 0 Å². The van der Waals surface area contributed by atoms with Gasteiger partial charge < -0.3 is 9.80 Å². The number of hydrogen-bond donors (Lipinski definition) is 0. The van der Waals surface area contributed by atoms with E-state index in [-0.39, 0.29) is 11.8 Å². The molecule has 1 aliphatic heterocycles. The number of aryl methyl sites for hydroxylation is 1. The van der Waals surface area contributed by atoms with Gasteiger partial charge in [0, 0.05) is 37.8 Å². The van der Waals surface area contributed by atoms with Crippen LogP contribution in [0.1, 0.15) is 21.5 Å². The molecule has 4 heteroatoms. The Bertz CT molecular complexity index is 775. The number of hydrogen-bond acceptors (Lipinski definition) is 2. The highest BCUT2D eigenvalue weighted by molar-refractivity contribution is 5.96. The first-order valence-corrected chi connectivity index (χ1v) is 8.52. The van der Waals surface area contributed by atoms with E-state index in [1.165, 1.54) is 0 Å². The average molecular weight is 334 g/mol. The fraction of sp³-hybridized carbons (Fsp3) is 0.238. The second-order valence-electron chi connectivity index (χ2n) is 6.18. The zero-order valence-electron chi connectivity index (χ0n) is 14.4. The second kappa shape index (κ2) is 7.79. The molecule has 128 valence electrons. The number of amides is 2. The van der Waals surface area contributed by atoms with Crippen LogP contribution in [0, 0.1) is 6.92 Å². The Morgan fingerprint density at radius 1 is 0.840 bits per heavy atom. The SMILES string of the molecule is Cc1ccccc1C(=O)N1CCN(C(=O)/C=C/c2ccccc2)CC1. The summed E-state index contributed by atoms with van der Waals surface area (Å²) in [5, 5.41) is 0. The molecular formula is C21H22N2O2. The van der Waals surface area contributed by atoms with Crippen LogP contribution in [-0.2, 0) is 4.79 Å². The van der Waals surface area contributed by atoms with E-state index in [9.17, 15) is 9.59 Å². The van der Waals surface area contributed by atoms with Crippen molar-refractivity contribution in [2.24, 2.45) is 0 Å². The molecule has 0 aliphatic carbocycles. The number of carbonyl (C=O) groups is 2. The van der Waals surface area contributed by atoms with E-state index in [4.69, 9.17) is 0 Å². The molecule has 3 rings (SSSR count). The fourth-order valence-corrected chi connectivity index (χ4v) is 2.95. The van der Waals surface area contributed by atoms with Crippen molar-refractivity contribution in [3.8, 4) is 0 Å². The predicted molar refractivity (Wildman–Crippen MR) is 99.1 cm³/mol. The van der Waals surface area contributed by atoms with Gasteiger partial charge in [-0.1, -0.05) is 48.5 Å². The largest absolute Gasteiger partial charge is 0.336 e. The summed E-state index contributed by atoms with van der Waals surface area (Å²) in [5.74, 6) is 0.0388. The Hall–Kier alpha value is -2.88. The lowest BCUT2D eigenvalue weighted by atomic mass is 10.1. The molecule has 0 radical (unpaired) electrons. The molecule has 4 nitrogen and oxygen atoms in total. The van der Waals surface area contributed by atoms with E-state index in [0.717, 1.165) is 16.7 Å². The lowest BCUT2D eigenvalue weighted by molar-refractivity contribution is -0.127. The van der Waals surface area contributed by atoms with Crippen LogP contribution in [0.2, 0.25) is 0 Å². The third-order valence-corrected chi connectivity index (χ3v) is 4.47. The first kappa shape index (κ1) is 17.0. The number of rotatable bonds is 3. The molecule has 0 spiro atoms. The molecular weight excluding hydrogens is 312 g/mol. The third kappa shape index (κ3) is 4.15. The molecule has 0 unspecified atom stereocenters. The summed E-state index contributed by atoms with van der Waals surface area (Å²) in [7, 11) is 0. The van der Waals surface area contributed by atoms with Crippen LogP contribution in [0.4, 0.5) is 0 Å². The Morgan fingerprint density at radius 3 is 2.12 bits per heavy atom. The maximum atomic E-state index is 12.6. The van der Waals surface area contributed by atoms with Gasteiger partial charge in [-0.2, -0.15) is 0 Å². The van der Waals surface area contributed by atoms with E-state index < -0.39 is 0 Å². The van der Waals surface area contributed by atoms with Crippen molar-refractivity contribution in [1.29, 1.82) is 0 Å². The highest BCUT2D eigenvalue weighted by atomic mass is 16.2. The number of carbonyl (C=O) groups excluding carboxylic acids is 2. The number of piperazine rings is 1. The number of benzene rings is 2. The van der Waals surface area contributed by atoms with E-state index in [1.54, 1.807) is 11.0 Å². The summed E-state index contributed by atoms with van der Waals surface area (Å²) in [6.45, 7) is 4.21. The topological polar surface area (TPSA) is 40.6 Å². The Kier molecular flexibility index (Phi) is 5.29. The van der Waals surface area contributed by atoms with E-state index in [0.29, 0.717) is 26.2 Å². The van der Waals surface area contributed by atoms with Gasteiger partial charge in [-0.15, -0.1) is 0 Å². The molecule has 1 fully saturated rings. The molecule has 2 aromatic rings. The maximum absolute atomic E-state index is 12.6. The molecule has 1 saturated heterocycles. The van der Waals surface area contributed by atoms with Crippen molar-refractivity contribution in [3.05, 3.63) is 77.4 Å². The molecule has 0 bridgehead atoms. The molecule has 0 N–H and O–H groups in total. The molecule has 0 saturated carbocycles. The van der Waals surface area contributed by atoms with Gasteiger partial charge >= 0.3 is 0 Å². The van der Waals surface area contributed by atoms with E-state index in [2.05, 4.69) is 0 Å². The second-order valence-corrected chi connectivity index (χ2v) is 6.18. The van der Waals surface area contributed by atoms with Crippen molar-refractivity contribution in [2.75, 3.05) is 26.2 Å². The molecule has 1 aliphatic rings. The molecule has 2 amide bonds. The minimum atomic E-state index is -0.00755. The molecule has 0 aromatic heterocycles. The first-order valence-electron chi connectivity index (χ1n) is 8.52. The van der Waals surface area contributed by atoms with Gasteiger partial charge in [-0.25, -0.2) is 0 Å². The van der Waals surface area contributed by atoms with Crippen molar-refractivity contribution in [3.63, 3.8) is 0 Å². The van der Waals surface area contributed by atoms with Crippen LogP contribution in [0.15, 0.2) is 60.7 Å². The smallest absolute Gasteiger partial charge is 0.254 e. The van der Waals surface area contributed by atoms with Gasteiger partial charge in [0.2, 0.25) is 5.91 Å². The molecule has 2 aromatic carbocycles. The Morgan fingerprint density at radius 2 is 1.44 bits per heavy atom. The Labute approximate surface area is 148 Å². The van der Waals surface area contributed by atoms with E-state index >= 15 is 0 Å². The fourth-order valence-electron chi connectivity index (χ4n) is 2.95. The first-order chi connectivity index (χ1) is 12.1. The average Bonchev–Trinajstić information content (AvgIpc) is 2.67. The maximum Gasteiger partial charge on any atom is 0.254 e. The van der Waals surface area contributed by atoms with Crippen molar-refractivity contribution < 1.29 is 9.59 Å². The Balaban J connectivity index is 1.56. The third-order valence-electron chi connectivity index (χ3n) is 4.47. The summed E-state index contributed by atoms with van der Waals surface area (Å²) in [6, 6.07) is 17.4. The van der Waals surface area contributed by atoms with Crippen LogP contribution in [0.25, 0.3) is 6.08 Å². The highest BCUT2D eigenvalue weighted by Gasteiger charge is 2.24. The standard InChI is InChI=1S/C21H22N2O2/c1-17-7-5-6-10-19(17)21(25)23-15-13-22(14-16-23)20(24)12-11-18-8-3-2-4-9-18/h2-12H,13-16H2,1H3/b12-11+. The van der Waals surface area contributed by atoms with Gasteiger partial charge in [0.1, 0.15) is 0 Å². The predicted octanol–water partition coefficient (Wildman–Crippen LogP) is 2.99. The van der Waals surface area contributed by atoms with Gasteiger partial charge in [-0.05, 0) is 30.2 Å². The molecule has 0 atom stereocenters. The zero-order valence-corrected chi connectivity index (χ0v) is 14.4. The monoisotopic (exact) mass is 334 g/mol. The summed E-state index contributed by atoms with van der Waals surface area (Å²) in [4.78, 5) is 28.5. The summed E-state index contributed by atoms with van der Waals surface area (Å²) < 4.78 is 0. The highest BCUT2D eigenvalue weighted by Crippen LogP contribution is 2.13. The lowest BCUT2D eigenvalue weighted by Crippen LogP contribution is -2.50. The normalized spacial score (nSPS) is 14.8. The number of nitrogens with zero attached hydrogens (tertiary/aromatic N) is 2. The van der Waals surface area contributed by atoms with Crippen LogP contribution >= 0.6 is 0 Å². The van der Waals surface area contributed by atoms with Crippen LogP contribution in [0.3, 0.4) is 0 Å². The van der Waals surface area contributed by atoms with Gasteiger partial charge in [0.15, 0.2) is 0 Å². The van der Waals surface area contributed by atoms with Gasteiger partial charge in [0.25, 0.3) is 5.91 Å². The van der Waals surface area contributed by atoms with Gasteiger partial charge in [-0.3, -0.25) is 9.59 Å². The van der Waals surface area contributed by atoms with Crippen molar-refractivity contribution >= 4 is 17.9 Å². The minimum Gasteiger partial charge on any atom is -0.336 e. The van der Waals surface area contributed by atoms with Crippen molar-refractivity contribution in [2.45, 2.75) is 6.92 Å². The van der Waals surface area contributed by atoms with Crippen LogP contribution in [0.5, 0.6) is 0 Å². The van der Waals surface area contributed by atoms with Crippen molar-refractivity contribution in [1.82, 2.24) is 9.80 Å². The van der Waals surface area contributed by atoms with E-state index in [1.807, 2.05) is 72.5 Å². The quantitative estimate of drug-likeness (QED) is 0.810. The summed E-state index contributed by atoms with van der Waals surface area (Å²) in [6.07, 6.45) is 3.43. The zero-order chi connectivity index (χ0) is 17.6. The lowest BCUT2D eigenvalue weighted by Gasteiger charge is -2.34. The molecule has 25 heavy (non-hydrogen) atoms. The summed E-state index contributed by atoms with van der Waals surface area (Å²) in [5.41, 5.74) is 2.73. The molecule has 1 heterocycles. The summed E-state index contributed by atoms with van der Waals surface area (Å²) >= 11 is 0. The minimum absolute atomic E-state index is 0.00755. The van der Waals surface area contributed by atoms with Crippen LogP contribution < -0.4 is 0 Å². The van der Waals surface area contributed by atoms with Crippen LogP contribution in [-0.4, -0.2) is 47.8 Å².